The lowest BCUT2D eigenvalue weighted by Gasteiger charge is -2.21. The van der Waals surface area contributed by atoms with Crippen molar-refractivity contribution < 1.29 is 80.2 Å². The van der Waals surface area contributed by atoms with Crippen LogP contribution >= 0.6 is 15.6 Å². The van der Waals surface area contributed by atoms with E-state index in [1.165, 1.54) is 302 Å². The Balaban J connectivity index is 5.23. The molecule has 5 atom stereocenters. The lowest BCUT2D eigenvalue weighted by molar-refractivity contribution is -0.161. The molecule has 0 heterocycles. The topological polar surface area (TPSA) is 237 Å². The molecule has 0 fully saturated rings. The van der Waals surface area contributed by atoms with Gasteiger partial charge in [0, 0.05) is 25.7 Å². The van der Waals surface area contributed by atoms with E-state index in [1.54, 1.807) is 0 Å². The molecule has 636 valence electrons. The SMILES string of the molecule is CCCCCCCCCCCCCCCCCCCCCCC(=O)OC[C@H](COP(=O)(O)OC[C@@H](O)COP(=O)(O)OC[C@@H](COC(=O)CCCCCCCCCCCCC)OC(=O)CCCCCCCCCCCCCCCC(C)C)OC(=O)CCCCCCCCCCCCCCCCCCCCCC. The van der Waals surface area contributed by atoms with Crippen molar-refractivity contribution in [2.24, 2.45) is 5.92 Å². The molecule has 0 aliphatic carbocycles. The van der Waals surface area contributed by atoms with Crippen LogP contribution in [0.4, 0.5) is 0 Å². The molecule has 0 radical (unpaired) electrons. The Labute approximate surface area is 658 Å². The van der Waals surface area contributed by atoms with Crippen LogP contribution in [0.15, 0.2) is 0 Å². The molecule has 0 saturated carbocycles. The van der Waals surface area contributed by atoms with E-state index in [2.05, 4.69) is 34.6 Å². The van der Waals surface area contributed by atoms with Gasteiger partial charge < -0.3 is 33.8 Å². The van der Waals surface area contributed by atoms with Crippen LogP contribution in [0.1, 0.15) is 478 Å². The number of rotatable bonds is 88. The number of aliphatic hydroxyl groups excluding tert-OH is 1. The Morgan fingerprint density at radius 3 is 0.636 bits per heavy atom. The quantitative estimate of drug-likeness (QED) is 0.0222. The molecule has 0 aromatic heterocycles. The minimum absolute atomic E-state index is 0.108. The van der Waals surface area contributed by atoms with Crippen molar-refractivity contribution in [2.45, 2.75) is 496 Å². The smallest absolute Gasteiger partial charge is 0.462 e. The Morgan fingerprint density at radius 1 is 0.252 bits per heavy atom. The second kappa shape index (κ2) is 80.7. The number of carbonyl (C=O) groups is 4. The monoisotopic (exact) mass is 1560 g/mol. The molecule has 0 rings (SSSR count). The van der Waals surface area contributed by atoms with Gasteiger partial charge in [-0.3, -0.25) is 37.3 Å². The molecule has 0 bridgehead atoms. The summed E-state index contributed by atoms with van der Waals surface area (Å²) in [7, 11) is -9.93. The number of ether oxygens (including phenoxy) is 4. The number of hydrogen-bond donors (Lipinski definition) is 3. The minimum atomic E-state index is -4.97. The van der Waals surface area contributed by atoms with Crippen LogP contribution in [0.2, 0.25) is 0 Å². The van der Waals surface area contributed by atoms with Gasteiger partial charge in [0.15, 0.2) is 12.2 Å². The lowest BCUT2D eigenvalue weighted by atomic mass is 10.0. The summed E-state index contributed by atoms with van der Waals surface area (Å²) in [6.07, 6.45) is 75.0. The summed E-state index contributed by atoms with van der Waals surface area (Å²) in [5.41, 5.74) is 0. The first-order valence-corrected chi connectivity index (χ1v) is 48.6. The standard InChI is InChI=1S/C88H172O17P2/c1-6-9-12-15-18-21-24-26-28-30-32-34-36-38-42-47-52-57-62-67-72-86(91)99-78-84(105-87(92)73-68-63-58-53-48-43-39-37-35-33-31-29-27-25-22-19-16-13-10-7-2)80-103-107(96,97)101-76-82(89)75-100-106(94,95)102-79-83(77-98-85(90)71-66-61-56-51-45-23-20-17-14-11-8-3)104-88(93)74-69-64-59-54-49-44-40-41-46-50-55-60-65-70-81(4)5/h81-84,89H,6-80H2,1-5H3,(H,94,95)(H,96,97)/t82-,83+,84+/m0/s1. The molecule has 17 nitrogen and oxygen atoms in total. The van der Waals surface area contributed by atoms with Gasteiger partial charge in [-0.1, -0.05) is 426 Å². The second-order valence-corrected chi connectivity index (χ2v) is 35.0. The highest BCUT2D eigenvalue weighted by molar-refractivity contribution is 7.47. The summed E-state index contributed by atoms with van der Waals surface area (Å²) >= 11 is 0. The zero-order valence-electron chi connectivity index (χ0n) is 70.3. The molecule has 0 aliphatic heterocycles. The lowest BCUT2D eigenvalue weighted by Crippen LogP contribution is -2.30. The van der Waals surface area contributed by atoms with Crippen LogP contribution < -0.4 is 0 Å². The molecule has 0 aromatic carbocycles. The van der Waals surface area contributed by atoms with E-state index in [0.29, 0.717) is 25.7 Å². The molecular formula is C88H172O17P2. The van der Waals surface area contributed by atoms with Crippen molar-refractivity contribution in [1.82, 2.24) is 0 Å². The second-order valence-electron chi connectivity index (χ2n) is 32.1. The third-order valence-electron chi connectivity index (χ3n) is 20.8. The van der Waals surface area contributed by atoms with E-state index in [1.807, 2.05) is 0 Å². The fourth-order valence-electron chi connectivity index (χ4n) is 13.8. The van der Waals surface area contributed by atoms with Crippen LogP contribution in [-0.2, 0) is 65.4 Å². The van der Waals surface area contributed by atoms with E-state index in [4.69, 9.17) is 37.0 Å². The van der Waals surface area contributed by atoms with Gasteiger partial charge in [0.25, 0.3) is 0 Å². The maximum atomic E-state index is 13.2. The summed E-state index contributed by atoms with van der Waals surface area (Å²) in [6.45, 7) is 7.39. The molecule has 0 aliphatic rings. The molecule has 0 saturated heterocycles. The van der Waals surface area contributed by atoms with Gasteiger partial charge in [-0.15, -0.1) is 0 Å². The Kier molecular flexibility index (Phi) is 79.2. The van der Waals surface area contributed by atoms with Crippen LogP contribution in [-0.4, -0.2) is 96.7 Å². The highest BCUT2D eigenvalue weighted by atomic mass is 31.2. The Morgan fingerprint density at radius 2 is 0.430 bits per heavy atom. The van der Waals surface area contributed by atoms with Gasteiger partial charge in [0.05, 0.1) is 26.4 Å². The van der Waals surface area contributed by atoms with E-state index in [9.17, 15) is 43.2 Å². The van der Waals surface area contributed by atoms with Crippen molar-refractivity contribution in [3.63, 3.8) is 0 Å². The maximum Gasteiger partial charge on any atom is 0.472 e. The minimum Gasteiger partial charge on any atom is -0.462 e. The van der Waals surface area contributed by atoms with E-state index < -0.39 is 97.5 Å². The highest BCUT2D eigenvalue weighted by Gasteiger charge is 2.30. The van der Waals surface area contributed by atoms with Gasteiger partial charge in [-0.05, 0) is 31.6 Å². The molecule has 107 heavy (non-hydrogen) atoms. The van der Waals surface area contributed by atoms with Crippen LogP contribution in [0, 0.1) is 5.92 Å². The molecule has 3 N–H and O–H groups in total. The number of phosphoric ester groups is 2. The number of phosphoric acid groups is 2. The van der Waals surface area contributed by atoms with Crippen LogP contribution in [0.5, 0.6) is 0 Å². The fourth-order valence-corrected chi connectivity index (χ4v) is 15.4. The predicted octanol–water partition coefficient (Wildman–Crippen LogP) is 27.2. The number of esters is 4. The van der Waals surface area contributed by atoms with Crippen molar-refractivity contribution >= 4 is 39.5 Å². The van der Waals surface area contributed by atoms with E-state index in [0.717, 1.165) is 95.8 Å². The molecule has 0 spiro atoms. The zero-order valence-corrected chi connectivity index (χ0v) is 72.1. The predicted molar refractivity (Wildman–Crippen MR) is 442 cm³/mol. The van der Waals surface area contributed by atoms with Crippen molar-refractivity contribution in [3.05, 3.63) is 0 Å². The Hall–Kier alpha value is -1.94. The van der Waals surface area contributed by atoms with Gasteiger partial charge in [-0.2, -0.15) is 0 Å². The molecular weight excluding hydrogens is 1390 g/mol. The fraction of sp³-hybridized carbons (Fsp3) is 0.955. The van der Waals surface area contributed by atoms with Crippen LogP contribution in [0.25, 0.3) is 0 Å². The molecule has 0 aromatic rings. The summed E-state index contributed by atoms with van der Waals surface area (Å²) in [5.74, 6) is -1.31. The van der Waals surface area contributed by atoms with Gasteiger partial charge in [0.2, 0.25) is 0 Å². The summed E-state index contributed by atoms with van der Waals surface area (Å²) in [4.78, 5) is 73.3. The first-order chi connectivity index (χ1) is 52.0. The number of carbonyl (C=O) groups excluding carboxylic acids is 4. The van der Waals surface area contributed by atoms with E-state index in [-0.39, 0.29) is 25.7 Å². The average molecular weight is 1560 g/mol. The maximum absolute atomic E-state index is 13.2. The number of unbranched alkanes of at least 4 members (excludes halogenated alkanes) is 60. The first kappa shape index (κ1) is 105. The third-order valence-corrected chi connectivity index (χ3v) is 22.7. The average Bonchev–Trinajstić information content (AvgIpc) is 0.904. The van der Waals surface area contributed by atoms with Crippen LogP contribution in [0.3, 0.4) is 0 Å². The summed E-state index contributed by atoms with van der Waals surface area (Å²) < 4.78 is 69.0. The molecule has 2 unspecified atom stereocenters. The van der Waals surface area contributed by atoms with Gasteiger partial charge in [0.1, 0.15) is 19.3 Å². The van der Waals surface area contributed by atoms with E-state index >= 15 is 0 Å². The molecule has 0 amide bonds. The Bertz CT molecular complexity index is 2030. The van der Waals surface area contributed by atoms with Crippen molar-refractivity contribution in [2.75, 3.05) is 39.6 Å². The summed E-state index contributed by atoms with van der Waals surface area (Å²) in [6, 6.07) is 0. The normalized spacial score (nSPS) is 13.7. The number of hydrogen-bond acceptors (Lipinski definition) is 15. The number of aliphatic hydroxyl groups is 1. The molecule has 19 heteroatoms. The van der Waals surface area contributed by atoms with Gasteiger partial charge in [-0.25, -0.2) is 9.13 Å². The largest absolute Gasteiger partial charge is 0.472 e. The first-order valence-electron chi connectivity index (χ1n) is 45.6. The van der Waals surface area contributed by atoms with Crippen molar-refractivity contribution in [3.8, 4) is 0 Å². The third kappa shape index (κ3) is 81.9. The van der Waals surface area contributed by atoms with Crippen molar-refractivity contribution in [1.29, 1.82) is 0 Å². The zero-order chi connectivity index (χ0) is 78.3. The van der Waals surface area contributed by atoms with Gasteiger partial charge >= 0.3 is 39.5 Å². The summed E-state index contributed by atoms with van der Waals surface area (Å²) in [5, 5.41) is 10.7. The highest BCUT2D eigenvalue weighted by Crippen LogP contribution is 2.45.